The zero-order valence-electron chi connectivity index (χ0n) is 9.50. The van der Waals surface area contributed by atoms with E-state index in [1.807, 2.05) is 25.1 Å². The van der Waals surface area contributed by atoms with Crippen molar-refractivity contribution in [1.29, 1.82) is 0 Å². The molecule has 2 amide bonds. The fraction of sp³-hybridized carbons (Fsp3) is 0.0769. The molecule has 1 aromatic heterocycles. The highest BCUT2D eigenvalue weighted by Gasteiger charge is 2.31. The number of fused-ring (bicyclic) bond motifs is 1. The number of nitrogens with one attached hydrogen (secondary N) is 2. The van der Waals surface area contributed by atoms with Crippen molar-refractivity contribution < 1.29 is 9.59 Å². The van der Waals surface area contributed by atoms with Crippen molar-refractivity contribution in [2.45, 2.75) is 6.92 Å². The van der Waals surface area contributed by atoms with Crippen molar-refractivity contribution in [3.8, 4) is 0 Å². The molecule has 90 valence electrons. The Balaban J connectivity index is 2.30. The van der Waals surface area contributed by atoms with Gasteiger partial charge in [-0.05, 0) is 19.1 Å². The molecule has 0 spiro atoms. The Bertz CT molecular complexity index is 728. The van der Waals surface area contributed by atoms with Gasteiger partial charge in [0.2, 0.25) is 0 Å². The van der Waals surface area contributed by atoms with Gasteiger partial charge in [0, 0.05) is 22.7 Å². The number of hydrogen-bond donors (Lipinski definition) is 2. The number of aromatic nitrogens is 1. The van der Waals surface area contributed by atoms with Crippen molar-refractivity contribution >= 4 is 39.9 Å². The molecule has 5 heteroatoms. The number of benzene rings is 1. The minimum atomic E-state index is -0.543. The third-order valence-corrected chi connectivity index (χ3v) is 3.34. The molecule has 0 aliphatic carbocycles. The number of aromatic amines is 1. The summed E-state index contributed by atoms with van der Waals surface area (Å²) in [7, 11) is 0. The molecule has 0 atom stereocenters. The highest BCUT2D eigenvalue weighted by Crippen LogP contribution is 2.32. The number of amides is 2. The molecule has 18 heavy (non-hydrogen) atoms. The van der Waals surface area contributed by atoms with Crippen molar-refractivity contribution in [2.75, 3.05) is 0 Å². The molecule has 3 rings (SSSR count). The van der Waals surface area contributed by atoms with E-state index in [1.165, 1.54) is 0 Å². The van der Waals surface area contributed by atoms with Crippen LogP contribution in [0.3, 0.4) is 0 Å². The number of halogens is 1. The zero-order chi connectivity index (χ0) is 12.9. The van der Waals surface area contributed by atoms with Gasteiger partial charge in [-0.3, -0.25) is 14.9 Å². The quantitative estimate of drug-likeness (QED) is 0.771. The van der Waals surface area contributed by atoms with Crippen LogP contribution in [0.1, 0.15) is 11.1 Å². The van der Waals surface area contributed by atoms with Gasteiger partial charge in [-0.2, -0.15) is 0 Å². The summed E-state index contributed by atoms with van der Waals surface area (Å²) in [6.07, 6.45) is 1.69. The molecule has 0 bridgehead atoms. The van der Waals surface area contributed by atoms with Crippen LogP contribution >= 0.6 is 11.6 Å². The molecule has 0 fully saturated rings. The van der Waals surface area contributed by atoms with Crippen LogP contribution in [0.25, 0.3) is 16.5 Å². The van der Waals surface area contributed by atoms with E-state index in [0.717, 1.165) is 16.5 Å². The summed E-state index contributed by atoms with van der Waals surface area (Å²) in [6.45, 7) is 1.96. The maximum absolute atomic E-state index is 11.7. The lowest BCUT2D eigenvalue weighted by atomic mass is 10.0. The minimum absolute atomic E-state index is 0.0533. The van der Waals surface area contributed by atoms with Crippen molar-refractivity contribution in [1.82, 2.24) is 10.3 Å². The van der Waals surface area contributed by atoms with Crippen LogP contribution in [0.4, 0.5) is 0 Å². The Hall–Kier alpha value is -2.07. The Morgan fingerprint density at radius 3 is 2.61 bits per heavy atom. The Kier molecular flexibility index (Phi) is 2.28. The van der Waals surface area contributed by atoms with Gasteiger partial charge in [0.1, 0.15) is 5.03 Å². The predicted molar refractivity (Wildman–Crippen MR) is 69.0 cm³/mol. The lowest BCUT2D eigenvalue weighted by Crippen LogP contribution is -2.22. The van der Waals surface area contributed by atoms with Crippen molar-refractivity contribution in [2.24, 2.45) is 0 Å². The van der Waals surface area contributed by atoms with Crippen LogP contribution in [-0.2, 0) is 9.59 Å². The molecule has 0 unspecified atom stereocenters. The highest BCUT2D eigenvalue weighted by atomic mass is 35.5. The first-order chi connectivity index (χ1) is 8.58. The summed E-state index contributed by atoms with van der Waals surface area (Å²) < 4.78 is 0. The van der Waals surface area contributed by atoms with Gasteiger partial charge in [0.15, 0.2) is 0 Å². The van der Waals surface area contributed by atoms with Gasteiger partial charge in [-0.1, -0.05) is 23.2 Å². The predicted octanol–water partition coefficient (Wildman–Crippen LogP) is 2.08. The van der Waals surface area contributed by atoms with E-state index < -0.39 is 11.8 Å². The molecular weight excluding hydrogens is 252 g/mol. The van der Waals surface area contributed by atoms with E-state index in [0.29, 0.717) is 5.56 Å². The van der Waals surface area contributed by atoms with Crippen molar-refractivity contribution in [3.63, 3.8) is 0 Å². The first-order valence-corrected chi connectivity index (χ1v) is 5.79. The highest BCUT2D eigenvalue weighted by molar-refractivity contribution is 6.55. The number of aryl methyl sites for hydroxylation is 1. The first kappa shape index (κ1) is 11.0. The maximum Gasteiger partial charge on any atom is 0.270 e. The topological polar surface area (TPSA) is 62.0 Å². The largest absolute Gasteiger partial charge is 0.361 e. The molecule has 0 radical (unpaired) electrons. The monoisotopic (exact) mass is 260 g/mol. The van der Waals surface area contributed by atoms with Gasteiger partial charge >= 0.3 is 0 Å². The smallest absolute Gasteiger partial charge is 0.270 e. The molecule has 2 N–H and O–H groups in total. The van der Waals surface area contributed by atoms with Gasteiger partial charge in [-0.25, -0.2) is 0 Å². The summed E-state index contributed by atoms with van der Waals surface area (Å²) >= 11 is 5.89. The average molecular weight is 261 g/mol. The standard InChI is InChI=1S/C13H9ClN2O2/c1-6-2-3-9-7(4-6)8(5-15-9)10-11(14)13(18)16-12(10)17/h2-5,15H,1H3,(H,16,17,18). The molecule has 2 heterocycles. The van der Waals surface area contributed by atoms with E-state index in [1.54, 1.807) is 6.20 Å². The maximum atomic E-state index is 11.7. The number of imide groups is 1. The number of rotatable bonds is 1. The fourth-order valence-electron chi connectivity index (χ4n) is 2.12. The van der Waals surface area contributed by atoms with Crippen LogP contribution in [0, 0.1) is 6.92 Å². The summed E-state index contributed by atoms with van der Waals surface area (Å²) in [5.74, 6) is -0.994. The van der Waals surface area contributed by atoms with Gasteiger partial charge in [0.25, 0.3) is 11.8 Å². The molecule has 4 nitrogen and oxygen atoms in total. The van der Waals surface area contributed by atoms with Gasteiger partial charge in [-0.15, -0.1) is 0 Å². The summed E-state index contributed by atoms with van der Waals surface area (Å²) in [6, 6.07) is 5.85. The number of carbonyl (C=O) groups excluding carboxylic acids is 2. The van der Waals surface area contributed by atoms with Crippen molar-refractivity contribution in [3.05, 3.63) is 40.6 Å². The number of hydrogen-bond acceptors (Lipinski definition) is 2. The molecule has 1 aliphatic rings. The number of H-pyrrole nitrogens is 1. The van der Waals surface area contributed by atoms with E-state index in [4.69, 9.17) is 11.6 Å². The van der Waals surface area contributed by atoms with Crippen LogP contribution in [-0.4, -0.2) is 16.8 Å². The zero-order valence-corrected chi connectivity index (χ0v) is 10.3. The number of carbonyl (C=O) groups is 2. The van der Waals surface area contributed by atoms with E-state index in [9.17, 15) is 9.59 Å². The second-order valence-electron chi connectivity index (χ2n) is 4.22. The van der Waals surface area contributed by atoms with Gasteiger partial charge in [0.05, 0.1) is 5.57 Å². The molecule has 1 aromatic carbocycles. The Labute approximate surface area is 108 Å². The first-order valence-electron chi connectivity index (χ1n) is 5.41. The van der Waals surface area contributed by atoms with Crippen LogP contribution in [0.15, 0.2) is 29.4 Å². The molecule has 2 aromatic rings. The van der Waals surface area contributed by atoms with E-state index >= 15 is 0 Å². The molecular formula is C13H9ClN2O2. The second-order valence-corrected chi connectivity index (χ2v) is 4.60. The lowest BCUT2D eigenvalue weighted by molar-refractivity contribution is -0.123. The molecule has 0 saturated heterocycles. The second kappa shape index (κ2) is 3.71. The summed E-state index contributed by atoms with van der Waals surface area (Å²) in [4.78, 5) is 26.2. The normalized spacial score (nSPS) is 15.7. The molecule has 1 aliphatic heterocycles. The lowest BCUT2D eigenvalue weighted by Gasteiger charge is -1.99. The summed E-state index contributed by atoms with van der Waals surface area (Å²) in [5.41, 5.74) is 2.87. The van der Waals surface area contributed by atoms with Gasteiger partial charge < -0.3 is 4.98 Å². The van der Waals surface area contributed by atoms with Crippen LogP contribution < -0.4 is 5.32 Å². The SMILES string of the molecule is Cc1ccc2[nH]cc(C3=C(Cl)C(=O)NC3=O)c2c1. The average Bonchev–Trinajstić information content (AvgIpc) is 2.82. The van der Waals surface area contributed by atoms with E-state index in [2.05, 4.69) is 10.3 Å². The third kappa shape index (κ3) is 1.46. The Morgan fingerprint density at radius 2 is 1.94 bits per heavy atom. The summed E-state index contributed by atoms with van der Waals surface area (Å²) in [5, 5.41) is 3.02. The Morgan fingerprint density at radius 1 is 1.17 bits per heavy atom. The molecule has 0 saturated carbocycles. The van der Waals surface area contributed by atoms with Crippen LogP contribution in [0.2, 0.25) is 0 Å². The van der Waals surface area contributed by atoms with Crippen LogP contribution in [0.5, 0.6) is 0 Å². The van der Waals surface area contributed by atoms with E-state index in [-0.39, 0.29) is 10.6 Å². The third-order valence-electron chi connectivity index (χ3n) is 2.98. The minimum Gasteiger partial charge on any atom is -0.361 e. The fourth-order valence-corrected chi connectivity index (χ4v) is 2.35.